The summed E-state index contributed by atoms with van der Waals surface area (Å²) in [5.74, 6) is 0. The van der Waals surface area contributed by atoms with Crippen LogP contribution in [-0.2, 0) is 9.47 Å². The highest BCUT2D eigenvalue weighted by molar-refractivity contribution is 4.41. The van der Waals surface area contributed by atoms with Crippen LogP contribution in [0.5, 0.6) is 0 Å². The Labute approximate surface area is 94.5 Å². The summed E-state index contributed by atoms with van der Waals surface area (Å²) in [5.41, 5.74) is 0. The SMILES string of the molecule is CCCCCCOCCOCCNCC. The van der Waals surface area contributed by atoms with Gasteiger partial charge in [-0.25, -0.2) is 0 Å². The van der Waals surface area contributed by atoms with Crippen molar-refractivity contribution in [2.45, 2.75) is 39.5 Å². The zero-order valence-electron chi connectivity index (χ0n) is 10.4. The summed E-state index contributed by atoms with van der Waals surface area (Å²) in [7, 11) is 0. The van der Waals surface area contributed by atoms with Crippen LogP contribution in [0.1, 0.15) is 39.5 Å². The number of rotatable bonds is 12. The van der Waals surface area contributed by atoms with Crippen LogP contribution in [-0.4, -0.2) is 39.5 Å². The van der Waals surface area contributed by atoms with Gasteiger partial charge in [-0.15, -0.1) is 0 Å². The summed E-state index contributed by atoms with van der Waals surface area (Å²) >= 11 is 0. The molecule has 15 heavy (non-hydrogen) atoms. The van der Waals surface area contributed by atoms with Crippen LogP contribution in [0.4, 0.5) is 0 Å². The molecule has 0 aromatic rings. The molecule has 3 heteroatoms. The van der Waals surface area contributed by atoms with Crippen LogP contribution in [0.3, 0.4) is 0 Å². The third kappa shape index (κ3) is 13.9. The van der Waals surface area contributed by atoms with Gasteiger partial charge in [0.1, 0.15) is 0 Å². The molecule has 0 rings (SSSR count). The third-order valence-electron chi connectivity index (χ3n) is 2.19. The molecule has 0 saturated carbocycles. The summed E-state index contributed by atoms with van der Waals surface area (Å²) < 4.78 is 10.8. The van der Waals surface area contributed by atoms with Gasteiger partial charge in [-0.3, -0.25) is 0 Å². The molecule has 0 aliphatic carbocycles. The number of hydrogen-bond acceptors (Lipinski definition) is 3. The maximum atomic E-state index is 5.44. The monoisotopic (exact) mass is 217 g/mol. The topological polar surface area (TPSA) is 30.5 Å². The summed E-state index contributed by atoms with van der Waals surface area (Å²) in [5, 5.41) is 3.21. The predicted molar refractivity (Wildman–Crippen MR) is 64.3 cm³/mol. The highest BCUT2D eigenvalue weighted by atomic mass is 16.5. The average molecular weight is 217 g/mol. The van der Waals surface area contributed by atoms with E-state index in [9.17, 15) is 0 Å². The average Bonchev–Trinajstić information content (AvgIpc) is 2.26. The van der Waals surface area contributed by atoms with Gasteiger partial charge < -0.3 is 14.8 Å². The predicted octanol–water partition coefficient (Wildman–Crippen LogP) is 2.21. The van der Waals surface area contributed by atoms with Gasteiger partial charge in [0.2, 0.25) is 0 Å². The molecule has 0 radical (unpaired) electrons. The van der Waals surface area contributed by atoms with Crippen LogP contribution in [0, 0.1) is 0 Å². The number of likely N-dealkylation sites (N-methyl/N-ethyl adjacent to an activating group) is 1. The summed E-state index contributed by atoms with van der Waals surface area (Å²) in [6.07, 6.45) is 5.08. The fraction of sp³-hybridized carbons (Fsp3) is 1.00. The van der Waals surface area contributed by atoms with Crippen molar-refractivity contribution < 1.29 is 9.47 Å². The van der Waals surface area contributed by atoms with Gasteiger partial charge in [-0.05, 0) is 13.0 Å². The Morgan fingerprint density at radius 3 is 2.20 bits per heavy atom. The molecule has 0 aromatic carbocycles. The summed E-state index contributed by atoms with van der Waals surface area (Å²) in [6, 6.07) is 0. The highest BCUT2D eigenvalue weighted by Crippen LogP contribution is 1.98. The fourth-order valence-corrected chi connectivity index (χ4v) is 1.27. The van der Waals surface area contributed by atoms with Gasteiger partial charge in [0.25, 0.3) is 0 Å². The molecule has 0 atom stereocenters. The largest absolute Gasteiger partial charge is 0.379 e. The van der Waals surface area contributed by atoms with Gasteiger partial charge in [-0.2, -0.15) is 0 Å². The molecule has 0 saturated heterocycles. The van der Waals surface area contributed by atoms with Crippen molar-refractivity contribution in [3.8, 4) is 0 Å². The van der Waals surface area contributed by atoms with E-state index < -0.39 is 0 Å². The van der Waals surface area contributed by atoms with Gasteiger partial charge in [0, 0.05) is 13.2 Å². The van der Waals surface area contributed by atoms with E-state index in [0.717, 1.165) is 39.5 Å². The number of ether oxygens (including phenoxy) is 2. The lowest BCUT2D eigenvalue weighted by Crippen LogP contribution is -2.20. The van der Waals surface area contributed by atoms with Gasteiger partial charge >= 0.3 is 0 Å². The molecule has 0 aromatic heterocycles. The lowest BCUT2D eigenvalue weighted by atomic mass is 10.2. The first-order valence-electron chi connectivity index (χ1n) is 6.28. The summed E-state index contributed by atoms with van der Waals surface area (Å²) in [4.78, 5) is 0. The van der Waals surface area contributed by atoms with Crippen molar-refractivity contribution in [1.29, 1.82) is 0 Å². The Balaban J connectivity index is 2.81. The third-order valence-corrected chi connectivity index (χ3v) is 2.19. The molecule has 0 unspecified atom stereocenters. The minimum atomic E-state index is 0.721. The normalized spacial score (nSPS) is 10.8. The van der Waals surface area contributed by atoms with E-state index in [0.29, 0.717) is 0 Å². The van der Waals surface area contributed by atoms with Crippen LogP contribution in [0.25, 0.3) is 0 Å². The fourth-order valence-electron chi connectivity index (χ4n) is 1.27. The van der Waals surface area contributed by atoms with Gasteiger partial charge in [0.15, 0.2) is 0 Å². The first kappa shape index (κ1) is 14.9. The molecule has 0 amide bonds. The first-order valence-corrected chi connectivity index (χ1v) is 6.28. The highest BCUT2D eigenvalue weighted by Gasteiger charge is 1.90. The van der Waals surface area contributed by atoms with E-state index in [1.807, 2.05) is 0 Å². The number of nitrogens with one attached hydrogen (secondary N) is 1. The van der Waals surface area contributed by atoms with Gasteiger partial charge in [-0.1, -0.05) is 33.1 Å². The lowest BCUT2D eigenvalue weighted by molar-refractivity contribution is 0.0475. The van der Waals surface area contributed by atoms with E-state index in [1.54, 1.807) is 0 Å². The van der Waals surface area contributed by atoms with Crippen LogP contribution >= 0.6 is 0 Å². The molecule has 0 fully saturated rings. The Bertz CT molecular complexity index is 97.8. The Morgan fingerprint density at radius 1 is 0.800 bits per heavy atom. The smallest absolute Gasteiger partial charge is 0.0701 e. The van der Waals surface area contributed by atoms with Crippen molar-refractivity contribution in [3.63, 3.8) is 0 Å². The molecule has 92 valence electrons. The van der Waals surface area contributed by atoms with E-state index in [-0.39, 0.29) is 0 Å². The Morgan fingerprint density at radius 2 is 1.53 bits per heavy atom. The van der Waals surface area contributed by atoms with Crippen molar-refractivity contribution in [3.05, 3.63) is 0 Å². The van der Waals surface area contributed by atoms with Crippen molar-refractivity contribution in [2.75, 3.05) is 39.5 Å². The molecule has 0 heterocycles. The van der Waals surface area contributed by atoms with E-state index in [2.05, 4.69) is 19.2 Å². The lowest BCUT2D eigenvalue weighted by Gasteiger charge is -2.05. The van der Waals surface area contributed by atoms with E-state index in [1.165, 1.54) is 25.7 Å². The quantitative estimate of drug-likeness (QED) is 0.508. The molecule has 1 N–H and O–H groups in total. The van der Waals surface area contributed by atoms with E-state index >= 15 is 0 Å². The Kier molecular flexibility index (Phi) is 13.8. The molecular formula is C12H27NO2. The Hall–Kier alpha value is -0.120. The number of hydrogen-bond donors (Lipinski definition) is 1. The van der Waals surface area contributed by atoms with Crippen molar-refractivity contribution in [1.82, 2.24) is 5.32 Å². The van der Waals surface area contributed by atoms with Crippen LogP contribution in [0.15, 0.2) is 0 Å². The van der Waals surface area contributed by atoms with Crippen molar-refractivity contribution >= 4 is 0 Å². The molecule has 0 spiro atoms. The molecule has 0 bridgehead atoms. The second kappa shape index (κ2) is 13.9. The zero-order valence-corrected chi connectivity index (χ0v) is 10.4. The molecule has 3 nitrogen and oxygen atoms in total. The molecule has 0 aliphatic heterocycles. The molecule has 0 aliphatic rings. The first-order chi connectivity index (χ1) is 7.41. The maximum absolute atomic E-state index is 5.44. The standard InChI is InChI=1S/C12H27NO2/c1-3-5-6-7-9-14-11-12-15-10-8-13-4-2/h13H,3-12H2,1-2H3. The maximum Gasteiger partial charge on any atom is 0.0701 e. The second-order valence-electron chi connectivity index (χ2n) is 3.64. The van der Waals surface area contributed by atoms with Crippen LogP contribution in [0.2, 0.25) is 0 Å². The minimum Gasteiger partial charge on any atom is -0.379 e. The zero-order chi connectivity index (χ0) is 11.2. The minimum absolute atomic E-state index is 0.721. The van der Waals surface area contributed by atoms with E-state index in [4.69, 9.17) is 9.47 Å². The number of unbranched alkanes of at least 4 members (excludes halogenated alkanes) is 3. The van der Waals surface area contributed by atoms with Crippen LogP contribution < -0.4 is 5.32 Å². The summed E-state index contributed by atoms with van der Waals surface area (Å²) in [6.45, 7) is 9.39. The second-order valence-corrected chi connectivity index (χ2v) is 3.64. The molecular weight excluding hydrogens is 190 g/mol. The van der Waals surface area contributed by atoms with Crippen molar-refractivity contribution in [2.24, 2.45) is 0 Å². The van der Waals surface area contributed by atoms with Gasteiger partial charge in [0.05, 0.1) is 19.8 Å².